The van der Waals surface area contributed by atoms with Gasteiger partial charge in [0.1, 0.15) is 6.07 Å². The van der Waals surface area contributed by atoms with E-state index in [4.69, 9.17) is 16.9 Å². The Kier molecular flexibility index (Phi) is 5.52. The van der Waals surface area contributed by atoms with Crippen molar-refractivity contribution in [3.05, 3.63) is 83.4 Å². The minimum atomic E-state index is -0.258. The lowest BCUT2D eigenvalue weighted by atomic mass is 10.0. The number of carbonyl (C=O) groups is 1. The highest BCUT2D eigenvalue weighted by atomic mass is 35.5. The van der Waals surface area contributed by atoms with Crippen LogP contribution in [0.2, 0.25) is 5.02 Å². The molecule has 1 amide bonds. The van der Waals surface area contributed by atoms with Gasteiger partial charge < -0.3 is 10.6 Å². The van der Waals surface area contributed by atoms with E-state index in [0.29, 0.717) is 16.3 Å². The first-order chi connectivity index (χ1) is 12.7. The summed E-state index contributed by atoms with van der Waals surface area (Å²) >= 11 is 5.94. The molecule has 0 heterocycles. The molecule has 0 fully saturated rings. The summed E-state index contributed by atoms with van der Waals surface area (Å²) in [7, 11) is 0. The summed E-state index contributed by atoms with van der Waals surface area (Å²) in [5, 5.41) is 15.5. The van der Waals surface area contributed by atoms with Crippen LogP contribution in [0.1, 0.15) is 5.56 Å². The van der Waals surface area contributed by atoms with Gasteiger partial charge in [-0.05, 0) is 29.8 Å². The van der Waals surface area contributed by atoms with Gasteiger partial charge in [0.05, 0.1) is 17.8 Å². The molecule has 0 saturated heterocycles. The van der Waals surface area contributed by atoms with Gasteiger partial charge in [-0.1, -0.05) is 60.1 Å². The predicted molar refractivity (Wildman–Crippen MR) is 105 cm³/mol. The quantitative estimate of drug-likeness (QED) is 0.677. The highest BCUT2D eigenvalue weighted by molar-refractivity contribution is 6.31. The van der Waals surface area contributed by atoms with Crippen LogP contribution in [0.5, 0.6) is 0 Å². The zero-order valence-electron chi connectivity index (χ0n) is 13.9. The van der Waals surface area contributed by atoms with Crippen LogP contribution in [0, 0.1) is 11.3 Å². The van der Waals surface area contributed by atoms with Crippen molar-refractivity contribution in [3.8, 4) is 17.2 Å². The number of amides is 1. The third kappa shape index (κ3) is 4.21. The number of nitrogens with zero attached hydrogens (tertiary/aromatic N) is 1. The molecule has 0 aliphatic rings. The molecule has 2 N–H and O–H groups in total. The van der Waals surface area contributed by atoms with Gasteiger partial charge in [-0.3, -0.25) is 4.79 Å². The van der Waals surface area contributed by atoms with E-state index in [9.17, 15) is 4.79 Å². The van der Waals surface area contributed by atoms with Crippen molar-refractivity contribution < 1.29 is 4.79 Å². The monoisotopic (exact) mass is 361 g/mol. The van der Waals surface area contributed by atoms with E-state index in [2.05, 4.69) is 10.6 Å². The average Bonchev–Trinajstić information content (AvgIpc) is 2.67. The van der Waals surface area contributed by atoms with Crippen LogP contribution >= 0.6 is 11.6 Å². The number of rotatable bonds is 5. The van der Waals surface area contributed by atoms with Gasteiger partial charge in [0.15, 0.2) is 0 Å². The van der Waals surface area contributed by atoms with Crippen molar-refractivity contribution in [2.75, 3.05) is 17.2 Å². The Bertz CT molecular complexity index is 964. The van der Waals surface area contributed by atoms with Crippen molar-refractivity contribution in [2.45, 2.75) is 0 Å². The SMILES string of the molecule is N#Cc1ccc(Cl)cc1NC(=O)CNc1ccccc1-c1ccccc1. The van der Waals surface area contributed by atoms with Gasteiger partial charge in [0.2, 0.25) is 5.91 Å². The molecule has 4 nitrogen and oxygen atoms in total. The molecule has 3 rings (SSSR count). The van der Waals surface area contributed by atoms with Crippen LogP contribution in [-0.4, -0.2) is 12.5 Å². The molecule has 26 heavy (non-hydrogen) atoms. The third-order valence-electron chi connectivity index (χ3n) is 3.83. The van der Waals surface area contributed by atoms with Crippen LogP contribution in [0.15, 0.2) is 72.8 Å². The van der Waals surface area contributed by atoms with E-state index in [1.165, 1.54) is 0 Å². The molecule has 0 bridgehead atoms. The van der Waals surface area contributed by atoms with E-state index >= 15 is 0 Å². The number of nitriles is 1. The second-order valence-corrected chi connectivity index (χ2v) is 6.05. The summed E-state index contributed by atoms with van der Waals surface area (Å²) in [5.74, 6) is -0.258. The lowest BCUT2D eigenvalue weighted by Crippen LogP contribution is -2.22. The number of halogens is 1. The molecule has 3 aromatic rings. The molecule has 0 unspecified atom stereocenters. The van der Waals surface area contributed by atoms with Crippen molar-refractivity contribution in [1.29, 1.82) is 5.26 Å². The number of benzene rings is 3. The summed E-state index contributed by atoms with van der Waals surface area (Å²) in [4.78, 5) is 12.3. The predicted octanol–water partition coefficient (Wildman–Crippen LogP) is 4.93. The standard InChI is InChI=1S/C21H16ClN3O/c22-17-11-10-16(13-23)20(12-17)25-21(26)14-24-19-9-5-4-8-18(19)15-6-2-1-3-7-15/h1-12,24H,14H2,(H,25,26). The second kappa shape index (κ2) is 8.19. The topological polar surface area (TPSA) is 64.9 Å². The van der Waals surface area contributed by atoms with Crippen LogP contribution in [0.25, 0.3) is 11.1 Å². The Hall–Kier alpha value is -3.29. The molecule has 0 radical (unpaired) electrons. The Morgan fingerprint density at radius 2 is 1.69 bits per heavy atom. The molecule has 0 saturated carbocycles. The van der Waals surface area contributed by atoms with Crippen LogP contribution in [0.3, 0.4) is 0 Å². The summed E-state index contributed by atoms with van der Waals surface area (Å²) < 4.78 is 0. The minimum Gasteiger partial charge on any atom is -0.376 e. The van der Waals surface area contributed by atoms with E-state index < -0.39 is 0 Å². The molecule has 3 aromatic carbocycles. The normalized spacial score (nSPS) is 10.0. The maximum atomic E-state index is 12.3. The Morgan fingerprint density at radius 3 is 2.46 bits per heavy atom. The fourth-order valence-electron chi connectivity index (χ4n) is 2.59. The average molecular weight is 362 g/mol. The number of hydrogen-bond donors (Lipinski definition) is 2. The largest absolute Gasteiger partial charge is 0.376 e. The fourth-order valence-corrected chi connectivity index (χ4v) is 2.77. The highest BCUT2D eigenvalue weighted by Gasteiger charge is 2.09. The summed E-state index contributed by atoms with van der Waals surface area (Å²) in [6.45, 7) is 0.0707. The van der Waals surface area contributed by atoms with Gasteiger partial charge in [0, 0.05) is 16.3 Å². The molecule has 0 aliphatic carbocycles. The Morgan fingerprint density at radius 1 is 0.962 bits per heavy atom. The maximum absolute atomic E-state index is 12.3. The fraction of sp³-hybridized carbons (Fsp3) is 0.0476. The van der Waals surface area contributed by atoms with Crippen molar-refractivity contribution >= 4 is 28.9 Å². The first-order valence-electron chi connectivity index (χ1n) is 8.05. The van der Waals surface area contributed by atoms with Crippen LogP contribution in [0.4, 0.5) is 11.4 Å². The lowest BCUT2D eigenvalue weighted by Gasteiger charge is -2.13. The minimum absolute atomic E-state index is 0.0707. The van der Waals surface area contributed by atoms with Crippen molar-refractivity contribution in [1.82, 2.24) is 0 Å². The maximum Gasteiger partial charge on any atom is 0.243 e. The van der Waals surface area contributed by atoms with Gasteiger partial charge in [-0.2, -0.15) is 5.26 Å². The summed E-state index contributed by atoms with van der Waals surface area (Å²) in [5.41, 5.74) is 3.72. The number of anilines is 2. The number of hydrogen-bond acceptors (Lipinski definition) is 3. The first kappa shape index (κ1) is 17.5. The van der Waals surface area contributed by atoms with Crippen molar-refractivity contribution in [2.24, 2.45) is 0 Å². The van der Waals surface area contributed by atoms with Crippen molar-refractivity contribution in [3.63, 3.8) is 0 Å². The summed E-state index contributed by atoms with van der Waals surface area (Å²) in [6.07, 6.45) is 0. The first-order valence-corrected chi connectivity index (χ1v) is 8.43. The number of carbonyl (C=O) groups excluding carboxylic acids is 1. The zero-order chi connectivity index (χ0) is 18.4. The van der Waals surface area contributed by atoms with Crippen LogP contribution in [-0.2, 0) is 4.79 Å². The second-order valence-electron chi connectivity index (χ2n) is 5.62. The van der Waals surface area contributed by atoms with E-state index in [-0.39, 0.29) is 12.5 Å². The van der Waals surface area contributed by atoms with Gasteiger partial charge in [-0.25, -0.2) is 0 Å². The van der Waals surface area contributed by atoms with E-state index in [0.717, 1.165) is 16.8 Å². The zero-order valence-corrected chi connectivity index (χ0v) is 14.6. The van der Waals surface area contributed by atoms with E-state index in [1.807, 2.05) is 60.7 Å². The Labute approximate surface area is 157 Å². The Balaban J connectivity index is 1.72. The van der Waals surface area contributed by atoms with Crippen LogP contribution < -0.4 is 10.6 Å². The molecule has 5 heteroatoms. The molecule has 0 aromatic heterocycles. The van der Waals surface area contributed by atoms with Gasteiger partial charge in [-0.15, -0.1) is 0 Å². The number of para-hydroxylation sites is 1. The smallest absolute Gasteiger partial charge is 0.243 e. The van der Waals surface area contributed by atoms with Gasteiger partial charge in [0.25, 0.3) is 0 Å². The molecular weight excluding hydrogens is 346 g/mol. The molecule has 0 aliphatic heterocycles. The third-order valence-corrected chi connectivity index (χ3v) is 4.06. The molecule has 0 spiro atoms. The lowest BCUT2D eigenvalue weighted by molar-refractivity contribution is -0.114. The number of nitrogens with one attached hydrogen (secondary N) is 2. The summed E-state index contributed by atoms with van der Waals surface area (Å²) in [6, 6.07) is 24.5. The highest BCUT2D eigenvalue weighted by Crippen LogP contribution is 2.27. The molecular formula is C21H16ClN3O. The van der Waals surface area contributed by atoms with Gasteiger partial charge >= 0.3 is 0 Å². The molecule has 0 atom stereocenters. The van der Waals surface area contributed by atoms with E-state index in [1.54, 1.807) is 18.2 Å². The molecule has 128 valence electrons.